The van der Waals surface area contributed by atoms with Gasteiger partial charge in [0.25, 0.3) is 0 Å². The van der Waals surface area contributed by atoms with Crippen LogP contribution in [0.15, 0.2) is 85.1 Å². The molecule has 0 fully saturated rings. The summed E-state index contributed by atoms with van der Waals surface area (Å²) in [7, 11) is 0. The standard InChI is InChI=1S/C45H72O6/c1-4-7-10-13-16-19-21-23-26-29-32-35-38-44(47)50-41-42(40-49-43(46)37-34-31-28-25-18-15-12-9-6-3)51-45(48)39-36-33-30-27-24-22-20-17-14-11-8-5-2/h7-8,10-11,16-17,19-20,23-28,42H,4-6,9,12-15,18,21-22,29-41H2,1-3H3/b10-7-,11-8-,19-16-,20-17-,26-23-,27-24-,28-25-. The minimum absolute atomic E-state index is 0.121. The number of hydrogen-bond acceptors (Lipinski definition) is 6. The lowest BCUT2D eigenvalue weighted by Gasteiger charge is -2.18. The van der Waals surface area contributed by atoms with Crippen LogP contribution in [-0.2, 0) is 28.6 Å². The third-order valence-electron chi connectivity index (χ3n) is 7.86. The maximum atomic E-state index is 12.6. The van der Waals surface area contributed by atoms with Crippen molar-refractivity contribution in [2.24, 2.45) is 0 Å². The average molecular weight is 709 g/mol. The van der Waals surface area contributed by atoms with Crippen molar-refractivity contribution in [3.8, 4) is 0 Å². The van der Waals surface area contributed by atoms with Crippen LogP contribution in [0.5, 0.6) is 0 Å². The molecule has 1 unspecified atom stereocenters. The second-order valence-electron chi connectivity index (χ2n) is 12.8. The summed E-state index contributed by atoms with van der Waals surface area (Å²) in [6.45, 7) is 6.23. The normalized spacial score (nSPS) is 12.9. The first-order valence-electron chi connectivity index (χ1n) is 20.1. The molecule has 0 amide bonds. The van der Waals surface area contributed by atoms with Gasteiger partial charge in [-0.25, -0.2) is 0 Å². The number of allylic oxidation sites excluding steroid dienone is 14. The minimum atomic E-state index is -0.819. The third-order valence-corrected chi connectivity index (χ3v) is 7.86. The van der Waals surface area contributed by atoms with Crippen molar-refractivity contribution in [2.45, 2.75) is 168 Å². The van der Waals surface area contributed by atoms with E-state index >= 15 is 0 Å². The number of carbonyl (C=O) groups excluding carboxylic acids is 3. The van der Waals surface area contributed by atoms with E-state index in [0.29, 0.717) is 32.1 Å². The smallest absolute Gasteiger partial charge is 0.306 e. The van der Waals surface area contributed by atoms with Crippen LogP contribution in [0.4, 0.5) is 0 Å². The second kappa shape index (κ2) is 39.4. The van der Waals surface area contributed by atoms with Crippen LogP contribution >= 0.6 is 0 Å². The van der Waals surface area contributed by atoms with Crippen LogP contribution in [0.1, 0.15) is 162 Å². The van der Waals surface area contributed by atoms with Gasteiger partial charge >= 0.3 is 17.9 Å². The van der Waals surface area contributed by atoms with Crippen molar-refractivity contribution in [2.75, 3.05) is 13.2 Å². The van der Waals surface area contributed by atoms with Gasteiger partial charge in [0.05, 0.1) is 0 Å². The van der Waals surface area contributed by atoms with Crippen LogP contribution < -0.4 is 0 Å². The number of ether oxygens (including phenoxy) is 3. The van der Waals surface area contributed by atoms with Crippen LogP contribution in [0.3, 0.4) is 0 Å². The molecule has 6 nitrogen and oxygen atoms in total. The fourth-order valence-corrected chi connectivity index (χ4v) is 4.88. The van der Waals surface area contributed by atoms with Crippen LogP contribution in [0.25, 0.3) is 0 Å². The van der Waals surface area contributed by atoms with E-state index in [9.17, 15) is 14.4 Å². The van der Waals surface area contributed by atoms with Crippen LogP contribution in [0.2, 0.25) is 0 Å². The number of unbranched alkanes of at least 4 members (excludes halogenated alkanes) is 9. The molecular weight excluding hydrogens is 636 g/mol. The van der Waals surface area contributed by atoms with E-state index in [1.807, 2.05) is 0 Å². The highest BCUT2D eigenvalue weighted by Gasteiger charge is 2.19. The predicted molar refractivity (Wildman–Crippen MR) is 214 cm³/mol. The van der Waals surface area contributed by atoms with Gasteiger partial charge in [-0.2, -0.15) is 0 Å². The lowest BCUT2D eigenvalue weighted by Crippen LogP contribution is -2.30. The molecular formula is C45H72O6. The summed E-state index contributed by atoms with van der Waals surface area (Å²) < 4.78 is 16.5. The highest BCUT2D eigenvalue weighted by atomic mass is 16.6. The van der Waals surface area contributed by atoms with Crippen molar-refractivity contribution in [3.63, 3.8) is 0 Å². The van der Waals surface area contributed by atoms with Gasteiger partial charge in [0.2, 0.25) is 0 Å². The summed E-state index contributed by atoms with van der Waals surface area (Å²) in [5, 5.41) is 0. The first kappa shape index (κ1) is 47.6. The van der Waals surface area contributed by atoms with E-state index in [0.717, 1.165) is 77.0 Å². The number of rotatable bonds is 34. The van der Waals surface area contributed by atoms with Crippen LogP contribution in [-0.4, -0.2) is 37.2 Å². The van der Waals surface area contributed by atoms with Gasteiger partial charge in [-0.05, 0) is 103 Å². The van der Waals surface area contributed by atoms with Crippen LogP contribution in [0, 0.1) is 0 Å². The van der Waals surface area contributed by atoms with E-state index < -0.39 is 6.10 Å². The zero-order chi connectivity index (χ0) is 37.3. The Morgan fingerprint density at radius 3 is 1.25 bits per heavy atom. The molecule has 0 aromatic rings. The lowest BCUT2D eigenvalue weighted by molar-refractivity contribution is -0.167. The van der Waals surface area contributed by atoms with Gasteiger partial charge in [0.15, 0.2) is 6.10 Å². The number of hydrogen-bond donors (Lipinski definition) is 0. The maximum Gasteiger partial charge on any atom is 0.306 e. The molecule has 0 aromatic carbocycles. The Kier molecular flexibility index (Phi) is 36.7. The quantitative estimate of drug-likeness (QED) is 0.0286. The van der Waals surface area contributed by atoms with Gasteiger partial charge in [0.1, 0.15) is 13.2 Å². The number of carbonyl (C=O) groups is 3. The van der Waals surface area contributed by atoms with E-state index in [2.05, 4.69) is 106 Å². The molecule has 0 aliphatic carbocycles. The molecule has 0 saturated heterocycles. The van der Waals surface area contributed by atoms with E-state index in [1.165, 1.54) is 25.7 Å². The Morgan fingerprint density at radius 1 is 0.412 bits per heavy atom. The molecule has 1 atom stereocenters. The van der Waals surface area contributed by atoms with Gasteiger partial charge in [-0.15, -0.1) is 0 Å². The average Bonchev–Trinajstić information content (AvgIpc) is 3.12. The summed E-state index contributed by atoms with van der Waals surface area (Å²) in [6.07, 6.45) is 48.7. The first-order valence-corrected chi connectivity index (χ1v) is 20.1. The highest BCUT2D eigenvalue weighted by molar-refractivity contribution is 5.71. The molecule has 0 rings (SSSR count). The molecule has 288 valence electrons. The topological polar surface area (TPSA) is 78.9 Å². The second-order valence-corrected chi connectivity index (χ2v) is 12.8. The third kappa shape index (κ3) is 37.7. The molecule has 0 bridgehead atoms. The van der Waals surface area contributed by atoms with E-state index in [-0.39, 0.29) is 37.5 Å². The molecule has 0 spiro atoms. The Hall–Kier alpha value is -3.41. The fourth-order valence-electron chi connectivity index (χ4n) is 4.88. The Bertz CT molecular complexity index is 1040. The Balaban J connectivity index is 4.56. The number of esters is 3. The molecule has 0 aliphatic rings. The summed E-state index contributed by atoms with van der Waals surface area (Å²) in [5.74, 6) is -1.05. The summed E-state index contributed by atoms with van der Waals surface area (Å²) in [4.78, 5) is 37.4. The SMILES string of the molecule is CC/C=C\C/C=C\C/C=C\CCCCC(=O)OCC(COC(=O)CCC/C=C\CCCCCC)OC(=O)CCCC/C=C\C/C=C\C/C=C\CC. The maximum absolute atomic E-state index is 12.6. The molecule has 6 heteroatoms. The summed E-state index contributed by atoms with van der Waals surface area (Å²) >= 11 is 0. The molecule has 0 aromatic heterocycles. The molecule has 0 aliphatic heterocycles. The summed E-state index contributed by atoms with van der Waals surface area (Å²) in [5.41, 5.74) is 0. The molecule has 0 heterocycles. The fraction of sp³-hybridized carbons (Fsp3) is 0.622. The molecule has 0 saturated carbocycles. The first-order chi connectivity index (χ1) is 25.0. The van der Waals surface area contributed by atoms with Crippen molar-refractivity contribution < 1.29 is 28.6 Å². The van der Waals surface area contributed by atoms with E-state index in [1.54, 1.807) is 0 Å². The van der Waals surface area contributed by atoms with Gasteiger partial charge in [-0.1, -0.05) is 125 Å². The van der Waals surface area contributed by atoms with Crippen molar-refractivity contribution >= 4 is 17.9 Å². The molecule has 51 heavy (non-hydrogen) atoms. The molecule has 0 N–H and O–H groups in total. The zero-order valence-corrected chi connectivity index (χ0v) is 32.6. The van der Waals surface area contributed by atoms with Crippen molar-refractivity contribution in [1.29, 1.82) is 0 Å². The van der Waals surface area contributed by atoms with Gasteiger partial charge in [0, 0.05) is 19.3 Å². The zero-order valence-electron chi connectivity index (χ0n) is 32.6. The molecule has 0 radical (unpaired) electrons. The van der Waals surface area contributed by atoms with Crippen molar-refractivity contribution in [1.82, 2.24) is 0 Å². The predicted octanol–water partition coefficient (Wildman–Crippen LogP) is 12.5. The Labute approximate surface area is 312 Å². The monoisotopic (exact) mass is 709 g/mol. The van der Waals surface area contributed by atoms with Gasteiger partial charge < -0.3 is 14.2 Å². The minimum Gasteiger partial charge on any atom is -0.462 e. The Morgan fingerprint density at radius 2 is 0.784 bits per heavy atom. The van der Waals surface area contributed by atoms with E-state index in [4.69, 9.17) is 14.2 Å². The van der Waals surface area contributed by atoms with Crippen molar-refractivity contribution in [3.05, 3.63) is 85.1 Å². The highest BCUT2D eigenvalue weighted by Crippen LogP contribution is 2.09. The lowest BCUT2D eigenvalue weighted by atomic mass is 10.1. The summed E-state index contributed by atoms with van der Waals surface area (Å²) in [6, 6.07) is 0. The largest absolute Gasteiger partial charge is 0.462 e. The van der Waals surface area contributed by atoms with Gasteiger partial charge in [-0.3, -0.25) is 14.4 Å².